The molecule has 2 aromatic rings. The second kappa shape index (κ2) is 10.1. The maximum atomic E-state index is 12.2. The van der Waals surface area contributed by atoms with Crippen molar-refractivity contribution in [1.29, 1.82) is 5.26 Å². The Hall–Kier alpha value is -3.11. The molecule has 0 radical (unpaired) electrons. The molecule has 0 aliphatic rings. The van der Waals surface area contributed by atoms with E-state index in [0.29, 0.717) is 23.6 Å². The molecule has 0 saturated carbocycles. The second-order valence-electron chi connectivity index (χ2n) is 5.29. The van der Waals surface area contributed by atoms with Gasteiger partial charge in [0, 0.05) is 10.2 Å². The lowest BCUT2D eigenvalue weighted by molar-refractivity contribution is -0.145. The van der Waals surface area contributed by atoms with Gasteiger partial charge >= 0.3 is 5.97 Å². The summed E-state index contributed by atoms with van der Waals surface area (Å²) in [5.41, 5.74) is 1.21. The Bertz CT molecular complexity index is 868. The molecule has 0 aliphatic carbocycles. The molecule has 0 saturated heterocycles. The summed E-state index contributed by atoms with van der Waals surface area (Å²) >= 11 is 3.32. The van der Waals surface area contributed by atoms with E-state index in [1.165, 1.54) is 6.08 Å². The summed E-state index contributed by atoms with van der Waals surface area (Å²) in [7, 11) is 0. The van der Waals surface area contributed by atoms with E-state index < -0.39 is 11.9 Å². The SMILES string of the molecule is CCOC(=O)COc1ccc(/C=C(/C#N)C(=O)Nc2ccc(Br)cc2)cc1. The van der Waals surface area contributed by atoms with Crippen molar-refractivity contribution in [2.75, 3.05) is 18.5 Å². The molecule has 0 aromatic heterocycles. The number of anilines is 1. The number of rotatable bonds is 7. The number of nitrogens with zero attached hydrogens (tertiary/aromatic N) is 1. The maximum Gasteiger partial charge on any atom is 0.344 e. The van der Waals surface area contributed by atoms with E-state index in [2.05, 4.69) is 21.2 Å². The number of ether oxygens (including phenoxy) is 2. The molecule has 0 fully saturated rings. The van der Waals surface area contributed by atoms with Gasteiger partial charge in [0.05, 0.1) is 6.61 Å². The number of carbonyl (C=O) groups is 2. The lowest BCUT2D eigenvalue weighted by Gasteiger charge is -2.06. The number of esters is 1. The molecule has 0 spiro atoms. The Morgan fingerprint density at radius 2 is 1.81 bits per heavy atom. The zero-order chi connectivity index (χ0) is 19.6. The fourth-order valence-corrected chi connectivity index (χ4v) is 2.32. The first kappa shape index (κ1) is 20.2. The second-order valence-corrected chi connectivity index (χ2v) is 6.21. The van der Waals surface area contributed by atoms with E-state index in [9.17, 15) is 14.9 Å². The standard InChI is InChI=1S/C20H17BrN2O4/c1-2-26-19(24)13-27-18-9-3-14(4-10-18)11-15(12-22)20(25)23-17-7-5-16(21)6-8-17/h3-11H,2,13H2,1H3,(H,23,25)/b15-11-. The molecule has 2 rings (SSSR count). The molecule has 0 bridgehead atoms. The number of benzene rings is 2. The van der Waals surface area contributed by atoms with Gasteiger partial charge in [0.15, 0.2) is 6.61 Å². The van der Waals surface area contributed by atoms with E-state index in [1.54, 1.807) is 55.5 Å². The number of hydrogen-bond donors (Lipinski definition) is 1. The quantitative estimate of drug-likeness (QED) is 0.409. The number of carbonyl (C=O) groups excluding carboxylic acids is 2. The van der Waals surface area contributed by atoms with Gasteiger partial charge < -0.3 is 14.8 Å². The van der Waals surface area contributed by atoms with Crippen molar-refractivity contribution in [2.24, 2.45) is 0 Å². The highest BCUT2D eigenvalue weighted by Gasteiger charge is 2.10. The number of halogens is 1. The van der Waals surface area contributed by atoms with Gasteiger partial charge in [0.2, 0.25) is 0 Å². The average Bonchev–Trinajstić information content (AvgIpc) is 2.67. The van der Waals surface area contributed by atoms with Gasteiger partial charge in [0.25, 0.3) is 5.91 Å². The third kappa shape index (κ3) is 6.60. The molecule has 6 nitrogen and oxygen atoms in total. The van der Waals surface area contributed by atoms with Crippen LogP contribution in [-0.2, 0) is 14.3 Å². The predicted octanol–water partition coefficient (Wildman–Crippen LogP) is 3.94. The summed E-state index contributed by atoms with van der Waals surface area (Å²) in [5.74, 6) is -0.460. The molecule has 7 heteroatoms. The third-order valence-corrected chi connectivity index (χ3v) is 3.85. The normalized spacial score (nSPS) is 10.6. The molecule has 0 atom stereocenters. The summed E-state index contributed by atoms with van der Waals surface area (Å²) in [5, 5.41) is 11.9. The molecular weight excluding hydrogens is 412 g/mol. The third-order valence-electron chi connectivity index (χ3n) is 3.32. The monoisotopic (exact) mass is 428 g/mol. The summed E-state index contributed by atoms with van der Waals surface area (Å²) in [4.78, 5) is 23.5. The lowest BCUT2D eigenvalue weighted by atomic mass is 10.1. The summed E-state index contributed by atoms with van der Waals surface area (Å²) in [6.07, 6.45) is 1.48. The van der Waals surface area contributed by atoms with Gasteiger partial charge in [-0.25, -0.2) is 4.79 Å². The Balaban J connectivity index is 2.01. The summed E-state index contributed by atoms with van der Waals surface area (Å²) < 4.78 is 11.0. The van der Waals surface area contributed by atoms with Crippen LogP contribution >= 0.6 is 15.9 Å². The van der Waals surface area contributed by atoms with E-state index in [1.807, 2.05) is 6.07 Å². The molecule has 1 amide bonds. The highest BCUT2D eigenvalue weighted by atomic mass is 79.9. The topological polar surface area (TPSA) is 88.4 Å². The minimum absolute atomic E-state index is 0.0295. The smallest absolute Gasteiger partial charge is 0.344 e. The van der Waals surface area contributed by atoms with Crippen LogP contribution in [0.5, 0.6) is 5.75 Å². The van der Waals surface area contributed by atoms with Gasteiger partial charge in [0.1, 0.15) is 17.4 Å². The van der Waals surface area contributed by atoms with Crippen LogP contribution in [-0.4, -0.2) is 25.1 Å². The molecule has 27 heavy (non-hydrogen) atoms. The first-order valence-corrected chi connectivity index (χ1v) is 8.88. The van der Waals surface area contributed by atoms with E-state index >= 15 is 0 Å². The van der Waals surface area contributed by atoms with Gasteiger partial charge in [-0.05, 0) is 55.0 Å². The average molecular weight is 429 g/mol. The molecule has 0 heterocycles. The van der Waals surface area contributed by atoms with E-state index in [4.69, 9.17) is 9.47 Å². The van der Waals surface area contributed by atoms with Crippen LogP contribution in [0.2, 0.25) is 0 Å². The van der Waals surface area contributed by atoms with Crippen LogP contribution in [0.15, 0.2) is 58.6 Å². The van der Waals surface area contributed by atoms with Crippen LogP contribution in [0.1, 0.15) is 12.5 Å². The zero-order valence-corrected chi connectivity index (χ0v) is 16.2. The van der Waals surface area contributed by atoms with Crippen molar-refractivity contribution in [3.8, 4) is 11.8 Å². The fraction of sp³-hybridized carbons (Fsp3) is 0.150. The highest BCUT2D eigenvalue weighted by Crippen LogP contribution is 2.17. The number of hydrogen-bond acceptors (Lipinski definition) is 5. The van der Waals surface area contributed by atoms with Crippen molar-refractivity contribution >= 4 is 39.6 Å². The Morgan fingerprint density at radius 1 is 1.15 bits per heavy atom. The van der Waals surface area contributed by atoms with Crippen molar-refractivity contribution in [3.05, 3.63) is 64.1 Å². The van der Waals surface area contributed by atoms with Crippen LogP contribution < -0.4 is 10.1 Å². The Kier molecular flexibility index (Phi) is 7.59. The molecule has 1 N–H and O–H groups in total. The van der Waals surface area contributed by atoms with E-state index in [0.717, 1.165) is 4.47 Å². The van der Waals surface area contributed by atoms with Crippen LogP contribution in [0.25, 0.3) is 6.08 Å². The van der Waals surface area contributed by atoms with Gasteiger partial charge in [-0.15, -0.1) is 0 Å². The van der Waals surface area contributed by atoms with Crippen LogP contribution in [0.3, 0.4) is 0 Å². The van der Waals surface area contributed by atoms with Crippen LogP contribution in [0, 0.1) is 11.3 Å². The first-order chi connectivity index (χ1) is 13.0. The largest absolute Gasteiger partial charge is 0.482 e. The van der Waals surface area contributed by atoms with Gasteiger partial charge in [-0.2, -0.15) is 5.26 Å². The van der Waals surface area contributed by atoms with Crippen molar-refractivity contribution in [1.82, 2.24) is 0 Å². The molecule has 0 aliphatic heterocycles. The summed E-state index contributed by atoms with van der Waals surface area (Å²) in [6.45, 7) is 1.84. The molecule has 138 valence electrons. The maximum absolute atomic E-state index is 12.2. The van der Waals surface area contributed by atoms with Crippen molar-refractivity contribution in [3.63, 3.8) is 0 Å². The molecule has 0 unspecified atom stereocenters. The molecule has 2 aromatic carbocycles. The van der Waals surface area contributed by atoms with Crippen molar-refractivity contribution in [2.45, 2.75) is 6.92 Å². The molecular formula is C20H17BrN2O4. The highest BCUT2D eigenvalue weighted by molar-refractivity contribution is 9.10. The minimum Gasteiger partial charge on any atom is -0.482 e. The van der Waals surface area contributed by atoms with Crippen LogP contribution in [0.4, 0.5) is 5.69 Å². The van der Waals surface area contributed by atoms with Gasteiger partial charge in [-0.3, -0.25) is 4.79 Å². The zero-order valence-electron chi connectivity index (χ0n) is 14.6. The Morgan fingerprint density at radius 3 is 2.41 bits per heavy atom. The first-order valence-electron chi connectivity index (χ1n) is 8.09. The van der Waals surface area contributed by atoms with E-state index in [-0.39, 0.29) is 12.2 Å². The number of nitrogens with one attached hydrogen (secondary N) is 1. The Labute approximate surface area is 165 Å². The number of amides is 1. The fourth-order valence-electron chi connectivity index (χ4n) is 2.05. The minimum atomic E-state index is -0.498. The van der Waals surface area contributed by atoms with Gasteiger partial charge in [-0.1, -0.05) is 28.1 Å². The number of nitriles is 1. The summed E-state index contributed by atoms with van der Waals surface area (Å²) in [6, 6.07) is 15.6. The van der Waals surface area contributed by atoms with Crippen molar-refractivity contribution < 1.29 is 19.1 Å². The lowest BCUT2D eigenvalue weighted by Crippen LogP contribution is -2.14. The predicted molar refractivity (Wildman–Crippen MR) is 105 cm³/mol.